The normalized spacial score (nSPS) is 18.3. The summed E-state index contributed by atoms with van der Waals surface area (Å²) in [6.07, 6.45) is 0.146. The van der Waals surface area contributed by atoms with Gasteiger partial charge in [0, 0.05) is 12.7 Å². The van der Waals surface area contributed by atoms with Crippen molar-refractivity contribution in [2.24, 2.45) is 16.7 Å². The Morgan fingerprint density at radius 1 is 0.920 bits per heavy atom. The molecule has 0 unspecified atom stereocenters. The molecule has 6 heteroatoms. The van der Waals surface area contributed by atoms with Crippen molar-refractivity contribution < 1.29 is 27.4 Å². The molecule has 3 nitrogen and oxygen atoms in total. The largest absolute Gasteiger partial charge is 0.460 e. The van der Waals surface area contributed by atoms with Crippen LogP contribution < -0.4 is 0 Å². The van der Waals surface area contributed by atoms with Crippen LogP contribution in [0.1, 0.15) is 51.3 Å². The van der Waals surface area contributed by atoms with Crippen LogP contribution in [-0.4, -0.2) is 13.1 Å². The van der Waals surface area contributed by atoms with Crippen molar-refractivity contribution in [3.05, 3.63) is 34.1 Å². The summed E-state index contributed by atoms with van der Waals surface area (Å²) in [6, 6.07) is 0. The molecule has 1 aromatic rings. The van der Waals surface area contributed by atoms with Crippen LogP contribution in [0.4, 0.5) is 13.2 Å². The van der Waals surface area contributed by atoms with Gasteiger partial charge in [0.25, 0.3) is 0 Å². The lowest BCUT2D eigenvalue weighted by molar-refractivity contribution is -0.148. The summed E-state index contributed by atoms with van der Waals surface area (Å²) in [5.41, 5.74) is -1.14. The first kappa shape index (κ1) is 19.8. The van der Waals surface area contributed by atoms with Crippen LogP contribution in [0.2, 0.25) is 0 Å². The number of carbonyl (C=O) groups excluding carboxylic acids is 1. The fourth-order valence-electron chi connectivity index (χ4n) is 3.61. The number of rotatable bonds is 6. The van der Waals surface area contributed by atoms with Crippen LogP contribution in [0.15, 0.2) is 0 Å². The number of hydrogen-bond donors (Lipinski definition) is 0. The molecule has 0 amide bonds. The van der Waals surface area contributed by atoms with E-state index in [2.05, 4.69) is 0 Å². The Balaban J connectivity index is 2.27. The maximum atomic E-state index is 14.5. The summed E-state index contributed by atoms with van der Waals surface area (Å²) in [5.74, 6) is -4.13. The molecule has 0 aliphatic heterocycles. The molecule has 1 aromatic carbocycles. The second-order valence-corrected chi connectivity index (χ2v) is 7.65. The molecule has 1 saturated carbocycles. The quantitative estimate of drug-likeness (QED) is 0.553. The van der Waals surface area contributed by atoms with E-state index in [1.165, 1.54) is 7.11 Å². The molecule has 0 radical (unpaired) electrons. The summed E-state index contributed by atoms with van der Waals surface area (Å²) in [6.45, 7) is 8.59. The molecule has 0 atom stereocenters. The molecule has 0 aromatic heterocycles. The van der Waals surface area contributed by atoms with Gasteiger partial charge in [0.1, 0.15) is 12.4 Å². The second kappa shape index (κ2) is 6.63. The Morgan fingerprint density at radius 2 is 1.44 bits per heavy atom. The molecule has 25 heavy (non-hydrogen) atoms. The molecule has 1 fully saturated rings. The van der Waals surface area contributed by atoms with Crippen molar-refractivity contribution in [2.45, 2.75) is 54.3 Å². The van der Waals surface area contributed by atoms with E-state index >= 15 is 0 Å². The highest BCUT2D eigenvalue weighted by Gasteiger charge is 2.69. The smallest absolute Gasteiger partial charge is 0.310 e. The minimum absolute atomic E-state index is 0.00747. The van der Waals surface area contributed by atoms with E-state index in [1.807, 2.05) is 27.7 Å². The lowest BCUT2D eigenvalue weighted by Gasteiger charge is -2.16. The minimum atomic E-state index is -1.30. The highest BCUT2D eigenvalue weighted by atomic mass is 19.2. The lowest BCUT2D eigenvalue weighted by atomic mass is 9.99. The predicted molar refractivity (Wildman–Crippen MR) is 87.3 cm³/mol. The summed E-state index contributed by atoms with van der Waals surface area (Å²) >= 11 is 0. The van der Waals surface area contributed by atoms with Crippen molar-refractivity contribution >= 4 is 5.97 Å². The van der Waals surface area contributed by atoms with Crippen LogP contribution >= 0.6 is 0 Å². The van der Waals surface area contributed by atoms with Gasteiger partial charge in [0.2, 0.25) is 0 Å². The second-order valence-electron chi connectivity index (χ2n) is 7.65. The van der Waals surface area contributed by atoms with Gasteiger partial charge in [-0.05, 0) is 22.8 Å². The van der Waals surface area contributed by atoms with Crippen LogP contribution in [-0.2, 0) is 33.9 Å². The van der Waals surface area contributed by atoms with E-state index in [-0.39, 0.29) is 40.9 Å². The first-order valence-corrected chi connectivity index (χ1v) is 8.34. The Morgan fingerprint density at radius 3 is 1.88 bits per heavy atom. The van der Waals surface area contributed by atoms with Crippen LogP contribution in [0.3, 0.4) is 0 Å². The molecule has 0 bridgehead atoms. The van der Waals surface area contributed by atoms with Gasteiger partial charge in [-0.2, -0.15) is 0 Å². The highest BCUT2D eigenvalue weighted by molar-refractivity contribution is 5.78. The Labute approximate surface area is 146 Å². The van der Waals surface area contributed by atoms with Gasteiger partial charge in [0.15, 0.2) is 11.6 Å². The Hall–Kier alpha value is -1.56. The monoisotopic (exact) mass is 358 g/mol. The number of benzene rings is 1. The third kappa shape index (κ3) is 3.05. The van der Waals surface area contributed by atoms with Crippen LogP contribution in [0.5, 0.6) is 0 Å². The lowest BCUT2D eigenvalue weighted by Crippen LogP contribution is -2.16. The van der Waals surface area contributed by atoms with E-state index < -0.39 is 35.6 Å². The third-order valence-electron chi connectivity index (χ3n) is 5.87. The molecule has 0 saturated heterocycles. The number of halogens is 3. The van der Waals surface area contributed by atoms with Gasteiger partial charge in [-0.15, -0.1) is 0 Å². The molecular formula is C19H25F3O3. The number of methoxy groups -OCH3 is 1. The van der Waals surface area contributed by atoms with Crippen molar-refractivity contribution in [1.82, 2.24) is 0 Å². The van der Waals surface area contributed by atoms with E-state index in [4.69, 9.17) is 9.47 Å². The zero-order valence-electron chi connectivity index (χ0n) is 15.6. The number of esters is 1. The Kier molecular flexibility index (Phi) is 5.24. The summed E-state index contributed by atoms with van der Waals surface area (Å²) in [7, 11) is 1.28. The fraction of sp³-hybridized carbons (Fsp3) is 0.632. The molecule has 0 heterocycles. The number of carbonyl (C=O) groups is 1. The maximum absolute atomic E-state index is 14.5. The molecule has 1 aliphatic rings. The molecule has 1 aliphatic carbocycles. The minimum Gasteiger partial charge on any atom is -0.460 e. The first-order chi connectivity index (χ1) is 11.5. The van der Waals surface area contributed by atoms with E-state index in [0.29, 0.717) is 0 Å². The fourth-order valence-corrected chi connectivity index (χ4v) is 3.61. The first-order valence-electron chi connectivity index (χ1n) is 8.34. The van der Waals surface area contributed by atoms with Gasteiger partial charge in [-0.25, -0.2) is 13.2 Å². The summed E-state index contributed by atoms with van der Waals surface area (Å²) in [4.78, 5) is 12.3. The summed E-state index contributed by atoms with van der Waals surface area (Å²) in [5, 5.41) is 0. The molecular weight excluding hydrogens is 333 g/mol. The standard InChI is InChI=1S/C19H25F3O3/c1-7-10-11(14(21)15(22)12(8-24-6)13(10)20)9-25-17(23)16-18(2,3)19(16,4)5/h16H,7-9H2,1-6H3. The van der Waals surface area contributed by atoms with Crippen LogP contribution in [0.25, 0.3) is 0 Å². The zero-order valence-corrected chi connectivity index (χ0v) is 15.6. The van der Waals surface area contributed by atoms with Crippen LogP contribution in [0, 0.1) is 34.2 Å². The van der Waals surface area contributed by atoms with Gasteiger partial charge >= 0.3 is 5.97 Å². The summed E-state index contributed by atoms with van der Waals surface area (Å²) < 4.78 is 53.0. The SMILES string of the molecule is CCc1c(F)c(COC)c(F)c(F)c1COC(=O)C1C(C)(C)C1(C)C. The van der Waals surface area contributed by atoms with Gasteiger partial charge in [-0.3, -0.25) is 4.79 Å². The number of hydrogen-bond acceptors (Lipinski definition) is 3. The third-order valence-corrected chi connectivity index (χ3v) is 5.87. The van der Waals surface area contributed by atoms with E-state index in [0.717, 1.165) is 0 Å². The predicted octanol–water partition coefficient (Wildman–Crippen LogP) is 4.54. The van der Waals surface area contributed by atoms with Crippen molar-refractivity contribution in [2.75, 3.05) is 7.11 Å². The topological polar surface area (TPSA) is 35.5 Å². The Bertz CT molecular complexity index is 682. The van der Waals surface area contributed by atoms with Crippen molar-refractivity contribution in [3.8, 4) is 0 Å². The zero-order chi connectivity index (χ0) is 19.2. The van der Waals surface area contributed by atoms with E-state index in [9.17, 15) is 18.0 Å². The maximum Gasteiger partial charge on any atom is 0.310 e. The van der Waals surface area contributed by atoms with Gasteiger partial charge in [-0.1, -0.05) is 34.6 Å². The van der Waals surface area contributed by atoms with Crippen molar-refractivity contribution in [3.63, 3.8) is 0 Å². The average Bonchev–Trinajstić information content (AvgIpc) is 2.95. The van der Waals surface area contributed by atoms with Crippen molar-refractivity contribution in [1.29, 1.82) is 0 Å². The highest BCUT2D eigenvalue weighted by Crippen LogP contribution is 2.68. The molecule has 140 valence electrons. The number of ether oxygens (including phenoxy) is 2. The molecule has 2 rings (SSSR count). The van der Waals surface area contributed by atoms with Gasteiger partial charge < -0.3 is 9.47 Å². The average molecular weight is 358 g/mol. The van der Waals surface area contributed by atoms with Gasteiger partial charge in [0.05, 0.1) is 18.1 Å². The van der Waals surface area contributed by atoms with E-state index in [1.54, 1.807) is 6.92 Å². The molecule has 0 spiro atoms. The molecule has 0 N–H and O–H groups in total.